The zero-order chi connectivity index (χ0) is 17.3. The Bertz CT molecular complexity index is 752. The topological polar surface area (TPSA) is 58.6 Å². The van der Waals surface area contributed by atoms with Crippen LogP contribution in [0.3, 0.4) is 0 Å². The van der Waals surface area contributed by atoms with Gasteiger partial charge in [-0.05, 0) is 39.0 Å². The van der Waals surface area contributed by atoms with Crippen molar-refractivity contribution in [2.45, 2.75) is 20.8 Å². The normalized spacial score (nSPS) is 16.4. The van der Waals surface area contributed by atoms with E-state index in [9.17, 15) is 4.79 Å². The number of fused-ring (bicyclic) bond motifs is 1. The minimum Gasteiger partial charge on any atom is -0.367 e. The summed E-state index contributed by atoms with van der Waals surface area (Å²) in [6.07, 6.45) is 1.84. The number of piperazine rings is 1. The zero-order valence-corrected chi connectivity index (χ0v) is 14.9. The molecule has 2 aromatic heterocycles. The van der Waals surface area contributed by atoms with Gasteiger partial charge in [-0.15, -0.1) is 5.06 Å². The smallest absolute Gasteiger partial charge is 0.330 e. The van der Waals surface area contributed by atoms with Crippen molar-refractivity contribution in [1.82, 2.24) is 15.0 Å². The van der Waals surface area contributed by atoms with Gasteiger partial charge in [-0.25, -0.2) is 9.78 Å². The second kappa shape index (κ2) is 6.53. The van der Waals surface area contributed by atoms with E-state index < -0.39 is 5.41 Å². The van der Waals surface area contributed by atoms with E-state index in [2.05, 4.69) is 14.9 Å². The third-order valence-corrected chi connectivity index (χ3v) is 4.13. The Hall–Kier alpha value is -1.92. The van der Waals surface area contributed by atoms with E-state index >= 15 is 0 Å². The van der Waals surface area contributed by atoms with E-state index in [1.807, 2.05) is 39.1 Å². The van der Waals surface area contributed by atoms with Gasteiger partial charge in [0.2, 0.25) is 0 Å². The van der Waals surface area contributed by atoms with Crippen LogP contribution in [0.2, 0.25) is 5.15 Å². The lowest BCUT2D eigenvalue weighted by Crippen LogP contribution is -2.48. The number of nitrogens with zero attached hydrogens (tertiary/aromatic N) is 4. The van der Waals surface area contributed by atoms with E-state index in [4.69, 9.17) is 16.4 Å². The molecule has 0 spiro atoms. The van der Waals surface area contributed by atoms with Crippen molar-refractivity contribution in [3.63, 3.8) is 0 Å². The largest absolute Gasteiger partial charge is 0.367 e. The summed E-state index contributed by atoms with van der Waals surface area (Å²) < 4.78 is 0. The van der Waals surface area contributed by atoms with Gasteiger partial charge in [0.25, 0.3) is 0 Å². The molecule has 0 aromatic carbocycles. The van der Waals surface area contributed by atoms with Crippen LogP contribution in [0, 0.1) is 5.41 Å². The molecule has 3 rings (SSSR count). The van der Waals surface area contributed by atoms with E-state index in [0.717, 1.165) is 29.8 Å². The first kappa shape index (κ1) is 16.9. The summed E-state index contributed by atoms with van der Waals surface area (Å²) in [4.78, 5) is 28.4. The standard InChI is InChI=1S/C17H21ClN4O2/c1-17(2,3)16(23)24-22-8-6-21(7-9-22)12-10-14-13(19-11-12)4-5-15(18)20-14/h4-5,10-11H,6-9H2,1-3H3. The Kier molecular flexibility index (Phi) is 4.60. The predicted molar refractivity (Wildman–Crippen MR) is 93.9 cm³/mol. The number of hydroxylamine groups is 2. The molecule has 1 aliphatic heterocycles. The molecule has 128 valence electrons. The summed E-state index contributed by atoms with van der Waals surface area (Å²) >= 11 is 5.95. The van der Waals surface area contributed by atoms with Gasteiger partial charge in [-0.3, -0.25) is 4.98 Å². The molecule has 3 heterocycles. The van der Waals surface area contributed by atoms with Crippen LogP contribution in [0.25, 0.3) is 11.0 Å². The van der Waals surface area contributed by atoms with Gasteiger partial charge in [0, 0.05) is 13.1 Å². The van der Waals surface area contributed by atoms with E-state index in [1.54, 1.807) is 11.1 Å². The lowest BCUT2D eigenvalue weighted by Gasteiger charge is -2.35. The second-order valence-electron chi connectivity index (χ2n) is 6.91. The molecule has 0 atom stereocenters. The summed E-state index contributed by atoms with van der Waals surface area (Å²) in [5, 5.41) is 2.19. The molecule has 7 heteroatoms. The average Bonchev–Trinajstić information content (AvgIpc) is 2.54. The van der Waals surface area contributed by atoms with Crippen LogP contribution in [0.15, 0.2) is 24.4 Å². The first-order valence-corrected chi connectivity index (χ1v) is 8.35. The van der Waals surface area contributed by atoms with Gasteiger partial charge >= 0.3 is 5.97 Å². The van der Waals surface area contributed by atoms with Crippen molar-refractivity contribution in [1.29, 1.82) is 0 Å². The predicted octanol–water partition coefficient (Wildman–Crippen LogP) is 2.91. The molecule has 1 aliphatic rings. The number of pyridine rings is 2. The van der Waals surface area contributed by atoms with Gasteiger partial charge in [0.1, 0.15) is 5.15 Å². The Morgan fingerprint density at radius 2 is 1.88 bits per heavy atom. The number of aromatic nitrogens is 2. The minimum atomic E-state index is -0.496. The quantitative estimate of drug-likeness (QED) is 0.778. The molecule has 0 unspecified atom stereocenters. The maximum atomic E-state index is 12.0. The fourth-order valence-corrected chi connectivity index (χ4v) is 2.59. The number of anilines is 1. The summed E-state index contributed by atoms with van der Waals surface area (Å²) in [5.41, 5.74) is 2.10. The van der Waals surface area contributed by atoms with Gasteiger partial charge in [0.05, 0.1) is 41.4 Å². The number of carbonyl (C=O) groups is 1. The zero-order valence-electron chi connectivity index (χ0n) is 14.1. The molecule has 0 N–H and O–H groups in total. The van der Waals surface area contributed by atoms with Crippen molar-refractivity contribution < 1.29 is 9.63 Å². The fourth-order valence-electron chi connectivity index (χ4n) is 2.44. The number of halogens is 1. The maximum Gasteiger partial charge on any atom is 0.330 e. The Morgan fingerprint density at radius 1 is 1.17 bits per heavy atom. The van der Waals surface area contributed by atoms with Crippen LogP contribution < -0.4 is 4.90 Å². The molecule has 0 aliphatic carbocycles. The third-order valence-electron chi connectivity index (χ3n) is 3.92. The lowest BCUT2D eigenvalue weighted by atomic mass is 9.98. The van der Waals surface area contributed by atoms with Crippen molar-refractivity contribution in [2.75, 3.05) is 31.1 Å². The van der Waals surface area contributed by atoms with Crippen LogP contribution in [-0.2, 0) is 9.63 Å². The lowest BCUT2D eigenvalue weighted by molar-refractivity contribution is -0.201. The first-order valence-electron chi connectivity index (χ1n) is 7.97. The summed E-state index contributed by atoms with van der Waals surface area (Å²) in [5.74, 6) is -0.206. The third kappa shape index (κ3) is 3.76. The second-order valence-corrected chi connectivity index (χ2v) is 7.30. The summed E-state index contributed by atoms with van der Waals surface area (Å²) in [6.45, 7) is 8.38. The number of hydrogen-bond acceptors (Lipinski definition) is 6. The first-order chi connectivity index (χ1) is 11.3. The van der Waals surface area contributed by atoms with Gasteiger partial charge < -0.3 is 9.74 Å². The highest BCUT2D eigenvalue weighted by Crippen LogP contribution is 2.22. The SMILES string of the molecule is CC(C)(C)C(=O)ON1CCN(c2cnc3ccc(Cl)nc3c2)CC1. The fraction of sp³-hybridized carbons (Fsp3) is 0.471. The summed E-state index contributed by atoms with van der Waals surface area (Å²) in [6, 6.07) is 5.59. The van der Waals surface area contributed by atoms with Gasteiger partial charge in [0.15, 0.2) is 0 Å². The Balaban J connectivity index is 1.65. The molecule has 1 fully saturated rings. The van der Waals surface area contributed by atoms with Crippen molar-refractivity contribution >= 4 is 34.3 Å². The van der Waals surface area contributed by atoms with Gasteiger partial charge in [-0.2, -0.15) is 0 Å². The number of hydrogen-bond donors (Lipinski definition) is 0. The van der Waals surface area contributed by atoms with Crippen molar-refractivity contribution in [2.24, 2.45) is 5.41 Å². The highest BCUT2D eigenvalue weighted by molar-refractivity contribution is 6.29. The minimum absolute atomic E-state index is 0.206. The molecule has 1 saturated heterocycles. The Morgan fingerprint density at radius 3 is 2.54 bits per heavy atom. The average molecular weight is 349 g/mol. The van der Waals surface area contributed by atoms with Crippen molar-refractivity contribution in [3.05, 3.63) is 29.5 Å². The van der Waals surface area contributed by atoms with E-state index in [-0.39, 0.29) is 5.97 Å². The van der Waals surface area contributed by atoms with Crippen LogP contribution in [0.1, 0.15) is 20.8 Å². The molecule has 24 heavy (non-hydrogen) atoms. The molecule has 0 bridgehead atoms. The highest BCUT2D eigenvalue weighted by atomic mass is 35.5. The Labute approximate surface area is 146 Å². The molecule has 2 aromatic rings. The molecule has 0 saturated carbocycles. The summed E-state index contributed by atoms with van der Waals surface area (Å²) in [7, 11) is 0. The maximum absolute atomic E-state index is 12.0. The number of rotatable bonds is 2. The molecule has 6 nitrogen and oxygen atoms in total. The van der Waals surface area contributed by atoms with Crippen LogP contribution >= 0.6 is 11.6 Å². The van der Waals surface area contributed by atoms with Crippen LogP contribution in [-0.4, -0.2) is 47.2 Å². The monoisotopic (exact) mass is 348 g/mol. The van der Waals surface area contributed by atoms with Crippen molar-refractivity contribution in [3.8, 4) is 0 Å². The molecule has 0 amide bonds. The molecular weight excluding hydrogens is 328 g/mol. The molecule has 0 radical (unpaired) electrons. The molecular formula is C17H21ClN4O2. The van der Waals surface area contributed by atoms with E-state index in [0.29, 0.717) is 18.2 Å². The van der Waals surface area contributed by atoms with Crippen LogP contribution in [0.4, 0.5) is 5.69 Å². The highest BCUT2D eigenvalue weighted by Gasteiger charge is 2.28. The van der Waals surface area contributed by atoms with E-state index in [1.165, 1.54) is 0 Å². The van der Waals surface area contributed by atoms with Gasteiger partial charge in [-0.1, -0.05) is 11.6 Å². The number of carbonyl (C=O) groups excluding carboxylic acids is 1. The van der Waals surface area contributed by atoms with Crippen LogP contribution in [0.5, 0.6) is 0 Å².